The third kappa shape index (κ3) is 3.45. The molecule has 0 unspecified atom stereocenters. The maximum Gasteiger partial charge on any atom is 0.260 e. The molecule has 1 N–H and O–H groups in total. The van der Waals surface area contributed by atoms with E-state index >= 15 is 0 Å². The van der Waals surface area contributed by atoms with Gasteiger partial charge in [-0.1, -0.05) is 36.4 Å². The van der Waals surface area contributed by atoms with Crippen LogP contribution in [0.25, 0.3) is 16.3 Å². The molecule has 0 fully saturated rings. The second kappa shape index (κ2) is 6.98. The number of thioether (sulfide) groups is 1. The number of hydrogen-bond acceptors (Lipinski definition) is 5. The second-order valence-electron chi connectivity index (χ2n) is 5.93. The van der Waals surface area contributed by atoms with Crippen molar-refractivity contribution in [2.75, 3.05) is 0 Å². The van der Waals surface area contributed by atoms with Gasteiger partial charge in [0.2, 0.25) is 5.12 Å². The summed E-state index contributed by atoms with van der Waals surface area (Å²) in [7, 11) is 0. The zero-order chi connectivity index (χ0) is 17.2. The fourth-order valence-corrected chi connectivity index (χ4v) is 4.98. The Morgan fingerprint density at radius 3 is 2.84 bits per heavy atom. The molecule has 0 amide bonds. The molecule has 4 nitrogen and oxygen atoms in total. The van der Waals surface area contributed by atoms with Crippen LogP contribution >= 0.6 is 23.1 Å². The van der Waals surface area contributed by atoms with Gasteiger partial charge in [0, 0.05) is 4.88 Å². The van der Waals surface area contributed by atoms with Crippen LogP contribution in [0.5, 0.6) is 0 Å². The molecule has 2 aromatic heterocycles. The fraction of sp³-hybridized carbons (Fsp3) is 0.211. The summed E-state index contributed by atoms with van der Waals surface area (Å²) < 4.78 is 0. The van der Waals surface area contributed by atoms with Gasteiger partial charge in [-0.3, -0.25) is 9.59 Å². The van der Waals surface area contributed by atoms with Crippen LogP contribution in [-0.2, 0) is 17.6 Å². The smallest absolute Gasteiger partial charge is 0.260 e. The van der Waals surface area contributed by atoms with E-state index in [-0.39, 0.29) is 10.7 Å². The van der Waals surface area contributed by atoms with Crippen LogP contribution in [0.15, 0.2) is 46.4 Å². The summed E-state index contributed by atoms with van der Waals surface area (Å²) in [5.41, 5.74) is 1.98. The number of nitrogens with zero attached hydrogens (tertiary/aromatic N) is 1. The Hall–Kier alpha value is -2.18. The van der Waals surface area contributed by atoms with E-state index < -0.39 is 0 Å². The van der Waals surface area contributed by atoms with E-state index in [1.54, 1.807) is 17.4 Å². The lowest BCUT2D eigenvalue weighted by atomic mass is 9.97. The molecule has 0 aliphatic heterocycles. The van der Waals surface area contributed by atoms with Gasteiger partial charge in [0.05, 0.1) is 5.39 Å². The summed E-state index contributed by atoms with van der Waals surface area (Å²) in [5, 5.41) is 0.919. The first-order chi connectivity index (χ1) is 12.2. The molecule has 0 bridgehead atoms. The van der Waals surface area contributed by atoms with Crippen molar-refractivity contribution in [3.8, 4) is 0 Å². The maximum absolute atomic E-state index is 12.5. The van der Waals surface area contributed by atoms with Gasteiger partial charge in [-0.25, -0.2) is 4.98 Å². The minimum atomic E-state index is -0.160. The fourth-order valence-electron chi connectivity index (χ4n) is 3.05. The van der Waals surface area contributed by atoms with E-state index in [1.165, 1.54) is 17.4 Å². The van der Waals surface area contributed by atoms with Gasteiger partial charge in [-0.15, -0.1) is 11.3 Å². The van der Waals surface area contributed by atoms with Crippen LogP contribution in [-0.4, -0.2) is 15.1 Å². The van der Waals surface area contributed by atoms with Gasteiger partial charge in [0.15, 0.2) is 5.16 Å². The standard InChI is InChI=1S/C19H16N2O2S2/c22-15(11-10-12-6-2-1-3-7-12)25-19-20-17(23)16-13-8-4-5-9-14(13)24-18(16)21-19/h1-3,6-7,10-11H,4-5,8-9H2,(H,20,21,23)/b11-10+. The molecule has 1 aliphatic carbocycles. The summed E-state index contributed by atoms with van der Waals surface area (Å²) in [6.07, 6.45) is 7.53. The monoisotopic (exact) mass is 368 g/mol. The van der Waals surface area contributed by atoms with E-state index in [9.17, 15) is 9.59 Å². The SMILES string of the molecule is O=C(/C=C/c1ccccc1)Sc1nc2sc3c(c2c(=O)[nH]1)CCCC3. The zero-order valence-electron chi connectivity index (χ0n) is 13.5. The first kappa shape index (κ1) is 16.3. The summed E-state index contributed by atoms with van der Waals surface area (Å²) in [4.78, 5) is 33.9. The van der Waals surface area contributed by atoms with Crippen LogP contribution in [0.3, 0.4) is 0 Å². The van der Waals surface area contributed by atoms with Crippen LogP contribution in [0.1, 0.15) is 28.8 Å². The molecule has 0 saturated carbocycles. The van der Waals surface area contributed by atoms with Gasteiger partial charge in [0.25, 0.3) is 5.56 Å². The second-order valence-corrected chi connectivity index (χ2v) is 8.00. The topological polar surface area (TPSA) is 62.8 Å². The van der Waals surface area contributed by atoms with Crippen LogP contribution in [0.4, 0.5) is 0 Å². The number of H-pyrrole nitrogens is 1. The highest BCUT2D eigenvalue weighted by molar-refractivity contribution is 8.13. The summed E-state index contributed by atoms with van der Waals surface area (Å²) in [5.74, 6) is 0. The molecule has 1 aromatic carbocycles. The number of carbonyl (C=O) groups is 1. The number of aromatic amines is 1. The number of nitrogens with one attached hydrogen (secondary N) is 1. The quantitative estimate of drug-likeness (QED) is 0.428. The average Bonchev–Trinajstić information content (AvgIpc) is 2.99. The predicted molar refractivity (Wildman–Crippen MR) is 103 cm³/mol. The van der Waals surface area contributed by atoms with Gasteiger partial charge in [0.1, 0.15) is 4.83 Å². The lowest BCUT2D eigenvalue weighted by molar-refractivity contribution is -0.107. The van der Waals surface area contributed by atoms with Crippen molar-refractivity contribution in [1.29, 1.82) is 0 Å². The predicted octanol–water partition coefficient (Wildman–Crippen LogP) is 4.20. The molecule has 3 aromatic rings. The number of hydrogen-bond donors (Lipinski definition) is 1. The van der Waals surface area contributed by atoms with Gasteiger partial charge < -0.3 is 4.98 Å². The van der Waals surface area contributed by atoms with E-state index in [2.05, 4.69) is 9.97 Å². The number of benzene rings is 1. The number of aryl methyl sites for hydroxylation is 2. The summed E-state index contributed by atoms with van der Waals surface area (Å²) in [6, 6.07) is 9.62. The Bertz CT molecular complexity index is 1020. The van der Waals surface area contributed by atoms with Crippen LogP contribution in [0.2, 0.25) is 0 Å². The largest absolute Gasteiger partial charge is 0.300 e. The zero-order valence-corrected chi connectivity index (χ0v) is 15.1. The first-order valence-electron chi connectivity index (χ1n) is 8.20. The Morgan fingerprint density at radius 1 is 1.20 bits per heavy atom. The van der Waals surface area contributed by atoms with E-state index in [4.69, 9.17) is 0 Å². The number of aromatic nitrogens is 2. The number of fused-ring (bicyclic) bond motifs is 3. The summed E-state index contributed by atoms with van der Waals surface area (Å²) >= 11 is 2.54. The Balaban J connectivity index is 1.58. The lowest BCUT2D eigenvalue weighted by Gasteiger charge is -2.09. The van der Waals surface area contributed by atoms with Crippen molar-refractivity contribution in [3.05, 3.63) is 62.8 Å². The first-order valence-corrected chi connectivity index (χ1v) is 9.83. The molecule has 2 heterocycles. The van der Waals surface area contributed by atoms with Crippen molar-refractivity contribution < 1.29 is 4.79 Å². The van der Waals surface area contributed by atoms with Gasteiger partial charge in [-0.2, -0.15) is 0 Å². The molecule has 0 radical (unpaired) electrons. The molecule has 4 rings (SSSR count). The van der Waals surface area contributed by atoms with Crippen LogP contribution < -0.4 is 5.56 Å². The van der Waals surface area contributed by atoms with E-state index in [0.29, 0.717) is 5.16 Å². The van der Waals surface area contributed by atoms with E-state index in [1.807, 2.05) is 30.3 Å². The number of thiophene rings is 1. The molecule has 0 spiro atoms. The number of carbonyl (C=O) groups excluding carboxylic acids is 1. The lowest BCUT2D eigenvalue weighted by Crippen LogP contribution is -2.11. The highest BCUT2D eigenvalue weighted by Gasteiger charge is 2.20. The molecule has 0 atom stereocenters. The average molecular weight is 368 g/mol. The summed E-state index contributed by atoms with van der Waals surface area (Å²) in [6.45, 7) is 0. The van der Waals surface area contributed by atoms with Crippen molar-refractivity contribution in [1.82, 2.24) is 9.97 Å². The van der Waals surface area contributed by atoms with Crippen molar-refractivity contribution in [2.45, 2.75) is 30.8 Å². The third-order valence-electron chi connectivity index (χ3n) is 4.21. The highest BCUT2D eigenvalue weighted by atomic mass is 32.2. The van der Waals surface area contributed by atoms with Crippen LogP contribution in [0, 0.1) is 0 Å². The Kier molecular flexibility index (Phi) is 4.55. The molecule has 126 valence electrons. The third-order valence-corrected chi connectivity index (χ3v) is 6.12. The van der Waals surface area contributed by atoms with Crippen molar-refractivity contribution in [3.63, 3.8) is 0 Å². The van der Waals surface area contributed by atoms with E-state index in [0.717, 1.165) is 52.4 Å². The van der Waals surface area contributed by atoms with Crippen molar-refractivity contribution >= 4 is 44.5 Å². The van der Waals surface area contributed by atoms with Gasteiger partial charge >= 0.3 is 0 Å². The maximum atomic E-state index is 12.5. The molecule has 25 heavy (non-hydrogen) atoms. The molecule has 1 aliphatic rings. The minimum Gasteiger partial charge on any atom is -0.300 e. The normalized spacial score (nSPS) is 14.1. The number of rotatable bonds is 3. The molecule has 0 saturated heterocycles. The molecular weight excluding hydrogens is 352 g/mol. The van der Waals surface area contributed by atoms with Gasteiger partial charge in [-0.05, 0) is 54.6 Å². The molecule has 6 heteroatoms. The molecular formula is C19H16N2O2S2. The highest BCUT2D eigenvalue weighted by Crippen LogP contribution is 2.34. The Labute approximate surface area is 153 Å². The Morgan fingerprint density at radius 2 is 2.00 bits per heavy atom. The van der Waals surface area contributed by atoms with Crippen molar-refractivity contribution in [2.24, 2.45) is 0 Å². The minimum absolute atomic E-state index is 0.133.